The predicted molar refractivity (Wildman–Crippen MR) is 71.9 cm³/mol. The lowest BCUT2D eigenvalue weighted by Gasteiger charge is -2.58. The standard InChI is InChI=1S/C14H26OS/c1-10-8-12(16)9-13(2,3)14(10)6-4-11(15)5-7-14/h10-12,15-16H,4-9H2,1-3H3. The molecule has 0 amide bonds. The number of aliphatic hydroxyl groups is 1. The Morgan fingerprint density at radius 2 is 1.75 bits per heavy atom. The molecule has 1 spiro atoms. The third kappa shape index (κ3) is 1.92. The Labute approximate surface area is 105 Å². The molecule has 16 heavy (non-hydrogen) atoms. The molecule has 2 aliphatic rings. The van der Waals surface area contributed by atoms with Gasteiger partial charge in [0, 0.05) is 5.25 Å². The Kier molecular flexibility index (Phi) is 3.35. The second kappa shape index (κ2) is 4.20. The molecule has 0 aromatic carbocycles. The Morgan fingerprint density at radius 1 is 1.19 bits per heavy atom. The van der Waals surface area contributed by atoms with Gasteiger partial charge in [-0.05, 0) is 55.3 Å². The summed E-state index contributed by atoms with van der Waals surface area (Å²) >= 11 is 4.71. The quantitative estimate of drug-likeness (QED) is 0.621. The molecule has 0 bridgehead atoms. The second-order valence-electron chi connectivity index (χ2n) is 6.77. The van der Waals surface area contributed by atoms with Crippen molar-refractivity contribution >= 4 is 12.6 Å². The first-order valence-corrected chi connectivity index (χ1v) is 7.25. The highest BCUT2D eigenvalue weighted by Gasteiger charge is 2.53. The fourth-order valence-corrected chi connectivity index (χ4v) is 5.24. The Bertz CT molecular complexity index is 253. The van der Waals surface area contributed by atoms with Crippen molar-refractivity contribution < 1.29 is 5.11 Å². The monoisotopic (exact) mass is 242 g/mol. The summed E-state index contributed by atoms with van der Waals surface area (Å²) in [7, 11) is 0. The first-order chi connectivity index (χ1) is 7.37. The summed E-state index contributed by atoms with van der Waals surface area (Å²) in [4.78, 5) is 0. The second-order valence-corrected chi connectivity index (χ2v) is 7.50. The van der Waals surface area contributed by atoms with Gasteiger partial charge in [0.05, 0.1) is 6.10 Å². The average Bonchev–Trinajstić information content (AvgIpc) is 2.15. The zero-order chi connectivity index (χ0) is 12.0. The molecule has 2 unspecified atom stereocenters. The predicted octanol–water partition coefficient (Wildman–Crippen LogP) is 3.66. The van der Waals surface area contributed by atoms with E-state index in [1.54, 1.807) is 0 Å². The molecule has 0 saturated heterocycles. The molecule has 2 atom stereocenters. The number of hydrogen-bond acceptors (Lipinski definition) is 2. The third-order valence-electron chi connectivity index (χ3n) is 5.51. The Morgan fingerprint density at radius 3 is 2.25 bits per heavy atom. The van der Waals surface area contributed by atoms with Gasteiger partial charge in [0.15, 0.2) is 0 Å². The van der Waals surface area contributed by atoms with Gasteiger partial charge in [-0.15, -0.1) is 0 Å². The largest absolute Gasteiger partial charge is 0.393 e. The molecule has 2 fully saturated rings. The molecule has 0 heterocycles. The molecule has 0 aliphatic heterocycles. The third-order valence-corrected chi connectivity index (χ3v) is 5.90. The van der Waals surface area contributed by atoms with E-state index in [4.69, 9.17) is 12.6 Å². The van der Waals surface area contributed by atoms with Crippen LogP contribution in [-0.2, 0) is 0 Å². The van der Waals surface area contributed by atoms with Crippen LogP contribution in [0.1, 0.15) is 59.3 Å². The molecule has 2 aliphatic carbocycles. The fourth-order valence-electron chi connectivity index (χ4n) is 4.46. The SMILES string of the molecule is CC1CC(S)CC(C)(C)C12CCC(O)CC2. The van der Waals surface area contributed by atoms with Crippen molar-refractivity contribution in [3.05, 3.63) is 0 Å². The maximum Gasteiger partial charge on any atom is 0.0540 e. The molecule has 1 nitrogen and oxygen atoms in total. The van der Waals surface area contributed by atoms with Crippen LogP contribution in [0.3, 0.4) is 0 Å². The molecule has 0 aromatic rings. The number of thiol groups is 1. The van der Waals surface area contributed by atoms with Gasteiger partial charge >= 0.3 is 0 Å². The lowest BCUT2D eigenvalue weighted by atomic mass is 9.48. The van der Waals surface area contributed by atoms with Gasteiger partial charge in [-0.25, -0.2) is 0 Å². The van der Waals surface area contributed by atoms with Gasteiger partial charge in [-0.1, -0.05) is 20.8 Å². The highest BCUT2D eigenvalue weighted by atomic mass is 32.1. The van der Waals surface area contributed by atoms with Crippen molar-refractivity contribution in [2.45, 2.75) is 70.7 Å². The molecule has 1 N–H and O–H groups in total. The summed E-state index contributed by atoms with van der Waals surface area (Å²) in [6, 6.07) is 0. The minimum absolute atomic E-state index is 0.0395. The molecule has 2 rings (SSSR count). The Balaban J connectivity index is 2.23. The van der Waals surface area contributed by atoms with Crippen LogP contribution in [0.5, 0.6) is 0 Å². The van der Waals surface area contributed by atoms with E-state index in [1.165, 1.54) is 25.7 Å². The minimum Gasteiger partial charge on any atom is -0.393 e. The van der Waals surface area contributed by atoms with Crippen LogP contribution in [0, 0.1) is 16.7 Å². The normalized spacial score (nSPS) is 48.2. The summed E-state index contributed by atoms with van der Waals surface area (Å²) in [6.45, 7) is 7.25. The van der Waals surface area contributed by atoms with Gasteiger partial charge in [0.25, 0.3) is 0 Å². The van der Waals surface area contributed by atoms with Crippen LogP contribution >= 0.6 is 12.6 Å². The smallest absolute Gasteiger partial charge is 0.0540 e. The summed E-state index contributed by atoms with van der Waals surface area (Å²) < 4.78 is 0. The van der Waals surface area contributed by atoms with E-state index < -0.39 is 0 Å². The lowest BCUT2D eigenvalue weighted by Crippen LogP contribution is -2.51. The highest BCUT2D eigenvalue weighted by Crippen LogP contribution is 2.61. The fraction of sp³-hybridized carbons (Fsp3) is 1.00. The van der Waals surface area contributed by atoms with Crippen LogP contribution in [0.15, 0.2) is 0 Å². The van der Waals surface area contributed by atoms with E-state index in [1.807, 2.05) is 0 Å². The highest BCUT2D eigenvalue weighted by molar-refractivity contribution is 7.80. The van der Waals surface area contributed by atoms with E-state index in [-0.39, 0.29) is 6.10 Å². The first-order valence-electron chi connectivity index (χ1n) is 6.73. The number of hydrogen-bond donors (Lipinski definition) is 2. The van der Waals surface area contributed by atoms with Gasteiger partial charge < -0.3 is 5.11 Å². The van der Waals surface area contributed by atoms with Crippen molar-refractivity contribution in [3.8, 4) is 0 Å². The average molecular weight is 242 g/mol. The van der Waals surface area contributed by atoms with Gasteiger partial charge in [0.2, 0.25) is 0 Å². The minimum atomic E-state index is -0.0395. The van der Waals surface area contributed by atoms with E-state index in [2.05, 4.69) is 20.8 Å². The van der Waals surface area contributed by atoms with Crippen molar-refractivity contribution in [2.75, 3.05) is 0 Å². The maximum atomic E-state index is 9.72. The van der Waals surface area contributed by atoms with Crippen LogP contribution in [-0.4, -0.2) is 16.5 Å². The molecule has 0 aromatic heterocycles. The van der Waals surface area contributed by atoms with E-state index in [9.17, 15) is 5.11 Å². The molecular weight excluding hydrogens is 216 g/mol. The molecular formula is C14H26OS. The zero-order valence-electron chi connectivity index (χ0n) is 10.9. The van der Waals surface area contributed by atoms with Crippen LogP contribution < -0.4 is 0 Å². The van der Waals surface area contributed by atoms with Gasteiger partial charge in [-0.2, -0.15) is 12.6 Å². The van der Waals surface area contributed by atoms with Crippen molar-refractivity contribution in [3.63, 3.8) is 0 Å². The number of rotatable bonds is 0. The van der Waals surface area contributed by atoms with E-state index >= 15 is 0 Å². The summed E-state index contributed by atoms with van der Waals surface area (Å²) in [5.41, 5.74) is 0.850. The molecule has 2 saturated carbocycles. The van der Waals surface area contributed by atoms with Gasteiger partial charge in [0.1, 0.15) is 0 Å². The molecule has 94 valence electrons. The van der Waals surface area contributed by atoms with Gasteiger partial charge in [-0.3, -0.25) is 0 Å². The number of aliphatic hydroxyl groups excluding tert-OH is 1. The van der Waals surface area contributed by atoms with Crippen molar-refractivity contribution in [1.82, 2.24) is 0 Å². The Hall–Kier alpha value is 0.310. The lowest BCUT2D eigenvalue weighted by molar-refractivity contribution is -0.0836. The maximum absolute atomic E-state index is 9.72. The topological polar surface area (TPSA) is 20.2 Å². The molecule has 0 radical (unpaired) electrons. The zero-order valence-corrected chi connectivity index (χ0v) is 11.8. The van der Waals surface area contributed by atoms with Crippen LogP contribution in [0.4, 0.5) is 0 Å². The summed E-state index contributed by atoms with van der Waals surface area (Å²) in [5.74, 6) is 0.756. The molecule has 2 heteroatoms. The van der Waals surface area contributed by atoms with Crippen molar-refractivity contribution in [1.29, 1.82) is 0 Å². The van der Waals surface area contributed by atoms with Crippen molar-refractivity contribution in [2.24, 2.45) is 16.7 Å². The van der Waals surface area contributed by atoms with E-state index in [0.717, 1.165) is 18.8 Å². The summed E-state index contributed by atoms with van der Waals surface area (Å²) in [5, 5.41) is 10.3. The van der Waals surface area contributed by atoms with Crippen LogP contribution in [0.2, 0.25) is 0 Å². The first kappa shape index (κ1) is 12.8. The van der Waals surface area contributed by atoms with E-state index in [0.29, 0.717) is 16.1 Å². The van der Waals surface area contributed by atoms with Crippen LogP contribution in [0.25, 0.3) is 0 Å². The summed E-state index contributed by atoms with van der Waals surface area (Å²) in [6.07, 6.45) is 6.88.